The Hall–Kier alpha value is -0.920. The van der Waals surface area contributed by atoms with Gasteiger partial charge in [-0.05, 0) is 42.7 Å². The van der Waals surface area contributed by atoms with Gasteiger partial charge in [0.15, 0.2) is 0 Å². The number of hydrogen-bond acceptors (Lipinski definition) is 3. The molecule has 0 aliphatic heterocycles. The van der Waals surface area contributed by atoms with Crippen LogP contribution in [0.4, 0.5) is 0 Å². The van der Waals surface area contributed by atoms with Gasteiger partial charge in [-0.25, -0.2) is 8.42 Å². The van der Waals surface area contributed by atoms with Crippen LogP contribution in [0.5, 0.6) is 0 Å². The van der Waals surface area contributed by atoms with Crippen molar-refractivity contribution in [3.8, 4) is 0 Å². The summed E-state index contributed by atoms with van der Waals surface area (Å²) >= 11 is 3.68. The summed E-state index contributed by atoms with van der Waals surface area (Å²) in [5.41, 5.74) is 2.71. The van der Waals surface area contributed by atoms with Crippen LogP contribution in [0.2, 0.25) is 0 Å². The van der Waals surface area contributed by atoms with Gasteiger partial charge < -0.3 is 0 Å². The van der Waals surface area contributed by atoms with Crippen molar-refractivity contribution in [2.45, 2.75) is 50.3 Å². The molecule has 1 aromatic carbocycles. The monoisotopic (exact) mass is 414 g/mol. The Labute approximate surface area is 151 Å². The predicted octanol–water partition coefficient (Wildman–Crippen LogP) is 2.89. The van der Waals surface area contributed by atoms with E-state index in [1.807, 2.05) is 6.92 Å². The molecular formula is C17H23BrN2O3S. The van der Waals surface area contributed by atoms with Gasteiger partial charge in [0.1, 0.15) is 0 Å². The van der Waals surface area contributed by atoms with Crippen LogP contribution < -0.4 is 10.3 Å². The van der Waals surface area contributed by atoms with Crippen molar-refractivity contribution in [2.24, 2.45) is 16.2 Å². The third-order valence-corrected chi connectivity index (χ3v) is 9.66. The average Bonchev–Trinajstić information content (AvgIpc) is 2.93. The van der Waals surface area contributed by atoms with Crippen molar-refractivity contribution >= 4 is 31.9 Å². The quantitative estimate of drug-likeness (QED) is 0.587. The van der Waals surface area contributed by atoms with Crippen LogP contribution in [-0.2, 0) is 14.8 Å². The van der Waals surface area contributed by atoms with Crippen molar-refractivity contribution in [1.29, 1.82) is 0 Å². The molecule has 132 valence electrons. The number of carbonyl (C=O) groups is 1. The van der Waals surface area contributed by atoms with Gasteiger partial charge >= 0.3 is 0 Å². The summed E-state index contributed by atoms with van der Waals surface area (Å²) in [4.78, 5) is 15.3. The van der Waals surface area contributed by atoms with Crippen molar-refractivity contribution in [2.75, 3.05) is 0 Å². The van der Waals surface area contributed by atoms with Crippen LogP contribution >= 0.6 is 15.9 Å². The van der Waals surface area contributed by atoms with E-state index in [0.29, 0.717) is 0 Å². The lowest BCUT2D eigenvalue weighted by Gasteiger charge is -2.64. The standard InChI is InChI=1S/C17H23BrN2O3S/c1-11-5-7-12(8-6-11)24(22,23)20-19-14(21)17-10-9-16(4,13(17)18)15(17,2)3/h5-8,13,20H,9-10H2,1-4H3,(H,19,21). The molecule has 0 saturated heterocycles. The molecule has 5 nitrogen and oxygen atoms in total. The number of benzene rings is 1. The fourth-order valence-corrected chi connectivity index (χ4v) is 7.11. The number of hydrogen-bond donors (Lipinski definition) is 2. The molecule has 0 radical (unpaired) electrons. The molecule has 7 heteroatoms. The Morgan fingerprint density at radius 1 is 1.17 bits per heavy atom. The molecule has 3 atom stereocenters. The Kier molecular flexibility index (Phi) is 3.94. The second-order valence-electron chi connectivity index (χ2n) is 7.75. The zero-order chi connectivity index (χ0) is 18.0. The number of hydrazine groups is 1. The number of carbonyl (C=O) groups excluding carboxylic acids is 1. The first-order valence-corrected chi connectivity index (χ1v) is 10.4. The van der Waals surface area contributed by atoms with E-state index in [2.05, 4.69) is 47.0 Å². The highest BCUT2D eigenvalue weighted by Crippen LogP contribution is 2.79. The number of nitrogens with one attached hydrogen (secondary N) is 2. The first-order chi connectivity index (χ1) is 11.0. The zero-order valence-electron chi connectivity index (χ0n) is 14.3. The number of sulfonamides is 1. The summed E-state index contributed by atoms with van der Waals surface area (Å²) in [7, 11) is -3.78. The molecule has 2 bridgehead atoms. The maximum Gasteiger partial charge on any atom is 0.257 e. The number of aryl methyl sites for hydroxylation is 1. The minimum atomic E-state index is -3.78. The van der Waals surface area contributed by atoms with Crippen molar-refractivity contribution in [3.63, 3.8) is 0 Å². The molecule has 4 rings (SSSR count). The second-order valence-corrected chi connectivity index (χ2v) is 10.3. The van der Waals surface area contributed by atoms with Gasteiger partial charge in [0.2, 0.25) is 5.91 Å². The largest absolute Gasteiger partial charge is 0.277 e. The minimum absolute atomic E-state index is 0.0522. The first kappa shape index (κ1) is 17.9. The molecule has 0 aromatic heterocycles. The first-order valence-electron chi connectivity index (χ1n) is 8.02. The minimum Gasteiger partial charge on any atom is -0.277 e. The predicted molar refractivity (Wildman–Crippen MR) is 95.9 cm³/mol. The molecule has 0 spiro atoms. The van der Waals surface area contributed by atoms with Gasteiger partial charge in [0, 0.05) is 4.83 Å². The van der Waals surface area contributed by atoms with Gasteiger partial charge in [-0.3, -0.25) is 10.2 Å². The van der Waals surface area contributed by atoms with Gasteiger partial charge in [-0.2, -0.15) is 0 Å². The SMILES string of the molecule is Cc1ccc(S(=O)(=O)NNC(=O)C23CCC(C)(C2Br)C3(C)C)cc1. The maximum absolute atomic E-state index is 12.8. The van der Waals surface area contributed by atoms with Crippen LogP contribution in [0.1, 0.15) is 39.2 Å². The Morgan fingerprint density at radius 3 is 2.21 bits per heavy atom. The molecule has 1 amide bonds. The fraction of sp³-hybridized carbons (Fsp3) is 0.588. The molecule has 24 heavy (non-hydrogen) atoms. The third-order valence-electron chi connectivity index (χ3n) is 6.61. The van der Waals surface area contributed by atoms with E-state index < -0.39 is 15.4 Å². The highest BCUT2D eigenvalue weighted by molar-refractivity contribution is 9.09. The van der Waals surface area contributed by atoms with Crippen LogP contribution in [-0.4, -0.2) is 19.2 Å². The van der Waals surface area contributed by atoms with E-state index in [9.17, 15) is 13.2 Å². The van der Waals surface area contributed by atoms with E-state index in [4.69, 9.17) is 0 Å². The van der Waals surface area contributed by atoms with E-state index in [1.54, 1.807) is 12.1 Å². The summed E-state index contributed by atoms with van der Waals surface area (Å²) in [5.74, 6) is -0.264. The molecule has 3 fully saturated rings. The van der Waals surface area contributed by atoms with E-state index >= 15 is 0 Å². The Bertz CT molecular complexity index is 791. The number of halogens is 1. The smallest absolute Gasteiger partial charge is 0.257 e. The molecule has 3 aliphatic carbocycles. The normalized spacial score (nSPS) is 33.8. The fourth-order valence-electron chi connectivity index (χ4n) is 4.46. The summed E-state index contributed by atoms with van der Waals surface area (Å²) in [5, 5.41) is 0. The number of fused-ring (bicyclic) bond motifs is 1. The lowest BCUT2D eigenvalue weighted by molar-refractivity contribution is -0.162. The molecule has 3 aliphatic rings. The summed E-state index contributed by atoms with van der Waals surface area (Å²) < 4.78 is 24.7. The van der Waals surface area contributed by atoms with Crippen molar-refractivity contribution in [1.82, 2.24) is 10.3 Å². The topological polar surface area (TPSA) is 75.3 Å². The van der Waals surface area contributed by atoms with Crippen LogP contribution in [0.15, 0.2) is 29.2 Å². The summed E-state index contributed by atoms with van der Waals surface area (Å²) in [6.07, 6.45) is 1.71. The van der Waals surface area contributed by atoms with Crippen LogP contribution in [0.25, 0.3) is 0 Å². The molecule has 3 saturated carbocycles. The highest BCUT2D eigenvalue weighted by Gasteiger charge is 2.80. The number of alkyl halides is 1. The Morgan fingerprint density at radius 2 is 1.75 bits per heavy atom. The van der Waals surface area contributed by atoms with Crippen LogP contribution in [0.3, 0.4) is 0 Å². The molecule has 2 N–H and O–H groups in total. The number of rotatable bonds is 4. The van der Waals surface area contributed by atoms with Crippen LogP contribution in [0, 0.1) is 23.2 Å². The van der Waals surface area contributed by atoms with E-state index in [0.717, 1.165) is 18.4 Å². The number of amides is 1. The maximum atomic E-state index is 12.8. The zero-order valence-corrected chi connectivity index (χ0v) is 16.7. The van der Waals surface area contributed by atoms with E-state index in [-0.39, 0.29) is 26.5 Å². The van der Waals surface area contributed by atoms with Gasteiger partial charge in [-0.15, -0.1) is 4.83 Å². The lowest BCUT2D eigenvalue weighted by Crippen LogP contribution is -2.70. The molecule has 0 heterocycles. The molecular weight excluding hydrogens is 392 g/mol. The van der Waals surface area contributed by atoms with Gasteiger partial charge in [0.05, 0.1) is 10.3 Å². The molecule has 3 unspecified atom stereocenters. The van der Waals surface area contributed by atoms with E-state index in [1.165, 1.54) is 12.1 Å². The highest BCUT2D eigenvalue weighted by atomic mass is 79.9. The lowest BCUT2D eigenvalue weighted by atomic mass is 9.43. The second kappa shape index (κ2) is 5.29. The average molecular weight is 415 g/mol. The van der Waals surface area contributed by atoms with Gasteiger partial charge in [-0.1, -0.05) is 54.4 Å². The Balaban J connectivity index is 1.76. The third kappa shape index (κ3) is 2.07. The summed E-state index contributed by atoms with van der Waals surface area (Å²) in [6.45, 7) is 8.25. The van der Waals surface area contributed by atoms with Crippen molar-refractivity contribution < 1.29 is 13.2 Å². The van der Waals surface area contributed by atoms with Gasteiger partial charge in [0.25, 0.3) is 10.0 Å². The summed E-state index contributed by atoms with van der Waals surface area (Å²) in [6, 6.07) is 6.49. The van der Waals surface area contributed by atoms with Crippen molar-refractivity contribution in [3.05, 3.63) is 29.8 Å². The molecule has 1 aromatic rings.